The molecule has 1 atom stereocenters. The minimum Gasteiger partial charge on any atom is -0.310 e. The standard InChI is InChI=1S/C78H61N/c1-76(2)68-33-14-15-34-70(68)78(73-47-54(37-40-69(73)76)62-30-17-22-52-21-6-7-25-60(52)62)66-31-12-10-28-63(66)64-39-38-58(48-72(64)78)79(57-24-16-23-53(46-57)61-27-9-8-26-59(61)51-19-4-3-5-20-51)74-36-18-35-71-75(74)65-29-11-13-32-67(65)77(71)55-42-49-41-50(44-55)45-56(77)43-49/h3-40,46-50,55-56H,41-45H2,1-2H3. The second-order valence-corrected chi connectivity index (χ2v) is 24.7. The number of rotatable bonds is 6. The van der Waals surface area contributed by atoms with Crippen LogP contribution in [0.25, 0.3) is 66.4 Å². The second-order valence-electron chi connectivity index (χ2n) is 24.7. The molecule has 0 aliphatic heterocycles. The van der Waals surface area contributed by atoms with E-state index in [-0.39, 0.29) is 10.8 Å². The molecule has 1 nitrogen and oxygen atoms in total. The Morgan fingerprint density at radius 1 is 0.329 bits per heavy atom. The molecule has 1 heteroatoms. The van der Waals surface area contributed by atoms with Crippen molar-refractivity contribution in [3.8, 4) is 55.6 Å². The van der Waals surface area contributed by atoms with Crippen molar-refractivity contribution in [2.75, 3.05) is 4.90 Å². The average molecular weight is 1010 g/mol. The molecule has 0 amide bonds. The van der Waals surface area contributed by atoms with E-state index in [1.165, 1.54) is 143 Å². The maximum atomic E-state index is 2.67. The highest BCUT2D eigenvalue weighted by atomic mass is 15.1. The summed E-state index contributed by atoms with van der Waals surface area (Å²) in [5.41, 5.74) is 27.0. The molecule has 378 valence electrons. The summed E-state index contributed by atoms with van der Waals surface area (Å²) in [7, 11) is 0. The molecule has 1 unspecified atom stereocenters. The highest BCUT2D eigenvalue weighted by Crippen LogP contribution is 2.71. The van der Waals surface area contributed by atoms with Gasteiger partial charge in [0.25, 0.3) is 0 Å². The van der Waals surface area contributed by atoms with Gasteiger partial charge in [-0.05, 0) is 198 Å². The lowest BCUT2D eigenvalue weighted by molar-refractivity contribution is -0.0399. The number of hydrogen-bond donors (Lipinski definition) is 0. The van der Waals surface area contributed by atoms with Gasteiger partial charge >= 0.3 is 0 Å². The first kappa shape index (κ1) is 45.5. The van der Waals surface area contributed by atoms with Crippen LogP contribution in [-0.4, -0.2) is 0 Å². The van der Waals surface area contributed by atoms with Crippen LogP contribution in [0.15, 0.2) is 249 Å². The third-order valence-electron chi connectivity index (χ3n) is 20.7. The topological polar surface area (TPSA) is 3.24 Å². The van der Waals surface area contributed by atoms with Gasteiger partial charge < -0.3 is 4.90 Å². The predicted octanol–water partition coefficient (Wildman–Crippen LogP) is 20.0. The monoisotopic (exact) mass is 1010 g/mol. The molecule has 11 aromatic rings. The number of nitrogens with zero attached hydrogens (tertiary/aromatic N) is 1. The van der Waals surface area contributed by atoms with Gasteiger partial charge in [-0.15, -0.1) is 0 Å². The minimum atomic E-state index is -0.609. The Bertz CT molecular complexity index is 4290. The van der Waals surface area contributed by atoms with Crippen molar-refractivity contribution in [2.24, 2.45) is 23.7 Å². The summed E-state index contributed by atoms with van der Waals surface area (Å²) >= 11 is 0. The Hall–Kier alpha value is -8.52. The number of fused-ring (bicyclic) bond motifs is 13. The first-order valence-corrected chi connectivity index (χ1v) is 29.2. The molecule has 4 saturated carbocycles. The summed E-state index contributed by atoms with van der Waals surface area (Å²) in [5.74, 6) is 3.08. The van der Waals surface area contributed by atoms with Crippen molar-refractivity contribution in [3.63, 3.8) is 0 Å². The molecule has 0 N–H and O–H groups in total. The quantitative estimate of drug-likeness (QED) is 0.160. The molecule has 2 spiro atoms. The zero-order chi connectivity index (χ0) is 52.2. The zero-order valence-corrected chi connectivity index (χ0v) is 45.0. The molecular weight excluding hydrogens is 951 g/mol. The van der Waals surface area contributed by atoms with E-state index in [4.69, 9.17) is 0 Å². The van der Waals surface area contributed by atoms with E-state index in [1.807, 2.05) is 0 Å². The molecule has 7 aliphatic carbocycles. The Balaban J connectivity index is 0.944. The van der Waals surface area contributed by atoms with Gasteiger partial charge in [0.05, 0.1) is 11.1 Å². The minimum absolute atomic E-state index is 0.0330. The van der Waals surface area contributed by atoms with Crippen molar-refractivity contribution >= 4 is 27.8 Å². The molecule has 0 radical (unpaired) electrons. The Morgan fingerprint density at radius 3 is 1.67 bits per heavy atom. The van der Waals surface area contributed by atoms with Gasteiger partial charge in [-0.25, -0.2) is 0 Å². The maximum absolute atomic E-state index is 2.67. The molecule has 4 fully saturated rings. The van der Waals surface area contributed by atoms with Crippen molar-refractivity contribution < 1.29 is 0 Å². The molecule has 79 heavy (non-hydrogen) atoms. The molecule has 0 heterocycles. The van der Waals surface area contributed by atoms with E-state index in [2.05, 4.69) is 267 Å². The van der Waals surface area contributed by atoms with Crippen LogP contribution in [0.2, 0.25) is 0 Å². The van der Waals surface area contributed by atoms with Crippen LogP contribution in [0.4, 0.5) is 17.1 Å². The van der Waals surface area contributed by atoms with Crippen molar-refractivity contribution in [3.05, 3.63) is 293 Å². The van der Waals surface area contributed by atoms with Gasteiger partial charge in [0, 0.05) is 27.8 Å². The lowest BCUT2D eigenvalue weighted by Gasteiger charge is -2.61. The van der Waals surface area contributed by atoms with Gasteiger partial charge in [-0.3, -0.25) is 0 Å². The Morgan fingerprint density at radius 2 is 0.873 bits per heavy atom. The molecular formula is C78H61N. The second kappa shape index (κ2) is 16.7. The molecule has 18 rings (SSSR count). The Kier molecular flexibility index (Phi) is 9.64. The summed E-state index contributed by atoms with van der Waals surface area (Å²) in [5, 5.41) is 2.54. The summed E-state index contributed by atoms with van der Waals surface area (Å²) in [6.07, 6.45) is 6.86. The first-order valence-electron chi connectivity index (χ1n) is 29.2. The fraction of sp³-hybridized carbons (Fsp3) is 0.179. The van der Waals surface area contributed by atoms with Gasteiger partial charge in [-0.1, -0.05) is 226 Å². The number of hydrogen-bond acceptors (Lipinski definition) is 1. The smallest absolute Gasteiger partial charge is 0.0720 e. The predicted molar refractivity (Wildman–Crippen MR) is 328 cm³/mol. The molecule has 11 aromatic carbocycles. The van der Waals surface area contributed by atoms with Crippen LogP contribution in [0.1, 0.15) is 90.5 Å². The van der Waals surface area contributed by atoms with E-state index in [0.29, 0.717) is 11.8 Å². The third kappa shape index (κ3) is 6.17. The van der Waals surface area contributed by atoms with Crippen molar-refractivity contribution in [2.45, 2.75) is 62.2 Å². The fourth-order valence-electron chi connectivity index (χ4n) is 17.9. The van der Waals surface area contributed by atoms with E-state index in [0.717, 1.165) is 17.5 Å². The van der Waals surface area contributed by atoms with E-state index >= 15 is 0 Å². The van der Waals surface area contributed by atoms with Crippen LogP contribution < -0.4 is 4.90 Å². The van der Waals surface area contributed by atoms with E-state index in [1.54, 1.807) is 11.1 Å². The normalized spacial score (nSPS) is 22.8. The van der Waals surface area contributed by atoms with Crippen LogP contribution in [0, 0.1) is 23.7 Å². The summed E-state index contributed by atoms with van der Waals surface area (Å²) < 4.78 is 0. The average Bonchev–Trinajstić information content (AvgIpc) is 2.47. The lowest BCUT2D eigenvalue weighted by Crippen LogP contribution is -2.55. The van der Waals surface area contributed by atoms with Gasteiger partial charge in [0.1, 0.15) is 0 Å². The molecule has 0 aromatic heterocycles. The molecule has 7 aliphatic rings. The van der Waals surface area contributed by atoms with E-state index in [9.17, 15) is 0 Å². The van der Waals surface area contributed by atoms with Crippen LogP contribution in [-0.2, 0) is 16.2 Å². The van der Waals surface area contributed by atoms with E-state index < -0.39 is 5.41 Å². The SMILES string of the molecule is CC1(C)c2ccccc2C2(c3ccccc3-c3ccc(N(c4cccc(-c5ccccc5-c5ccccc5)c4)c4cccc5c4-c4ccccc4C54C5CC6CC(C5)CC4C6)cc32)c2cc(-c3cccc4ccccc34)ccc21. The van der Waals surface area contributed by atoms with Crippen LogP contribution in [0.3, 0.4) is 0 Å². The summed E-state index contributed by atoms with van der Waals surface area (Å²) in [4.78, 5) is 2.67. The highest BCUT2D eigenvalue weighted by Gasteiger charge is 2.62. The number of anilines is 3. The zero-order valence-electron chi connectivity index (χ0n) is 45.0. The largest absolute Gasteiger partial charge is 0.310 e. The lowest BCUT2D eigenvalue weighted by atomic mass is 9.43. The maximum Gasteiger partial charge on any atom is 0.0720 e. The van der Waals surface area contributed by atoms with Crippen LogP contribution >= 0.6 is 0 Å². The Labute approximate surface area is 464 Å². The fourth-order valence-corrected chi connectivity index (χ4v) is 17.9. The molecule has 0 saturated heterocycles. The first-order chi connectivity index (χ1) is 38.9. The highest BCUT2D eigenvalue weighted by molar-refractivity contribution is 6.00. The summed E-state index contributed by atoms with van der Waals surface area (Å²) in [6, 6.07) is 95.9. The molecule has 4 bridgehead atoms. The number of benzene rings is 11. The van der Waals surface area contributed by atoms with Crippen molar-refractivity contribution in [1.29, 1.82) is 0 Å². The summed E-state index contributed by atoms with van der Waals surface area (Å²) in [6.45, 7) is 4.89. The van der Waals surface area contributed by atoms with Crippen LogP contribution in [0.5, 0.6) is 0 Å². The third-order valence-corrected chi connectivity index (χ3v) is 20.7. The van der Waals surface area contributed by atoms with Gasteiger partial charge in [0.2, 0.25) is 0 Å². The van der Waals surface area contributed by atoms with Crippen molar-refractivity contribution in [1.82, 2.24) is 0 Å². The van der Waals surface area contributed by atoms with Gasteiger partial charge in [-0.2, -0.15) is 0 Å². The van der Waals surface area contributed by atoms with Gasteiger partial charge in [0.15, 0.2) is 0 Å².